The standard InChI is InChI=1S/C19H17ClF4N4/c20-11-2-1-10(5-13(11)22)8-28-18-7-15(24)14(23)6-17(18)26-19(28)27-4-3-12(21)16(25)9-27/h1-2,5-7,12,16H,3-4,8-9,25H2. The molecular weight excluding hydrogens is 396 g/mol. The first-order valence-corrected chi connectivity index (χ1v) is 9.15. The second kappa shape index (κ2) is 7.25. The lowest BCUT2D eigenvalue weighted by Crippen LogP contribution is -2.50. The number of anilines is 1. The Morgan fingerprint density at radius 3 is 2.57 bits per heavy atom. The molecule has 0 radical (unpaired) electrons. The monoisotopic (exact) mass is 412 g/mol. The van der Waals surface area contributed by atoms with Gasteiger partial charge in [-0.25, -0.2) is 22.5 Å². The molecule has 1 fully saturated rings. The van der Waals surface area contributed by atoms with Gasteiger partial charge in [0.25, 0.3) is 0 Å². The number of imidazole rings is 1. The molecule has 1 aromatic heterocycles. The average Bonchev–Trinajstić information content (AvgIpc) is 2.98. The number of rotatable bonds is 3. The number of benzene rings is 2. The van der Waals surface area contributed by atoms with E-state index in [-0.39, 0.29) is 30.0 Å². The van der Waals surface area contributed by atoms with Crippen LogP contribution >= 0.6 is 11.6 Å². The van der Waals surface area contributed by atoms with E-state index in [1.165, 1.54) is 12.1 Å². The van der Waals surface area contributed by atoms with Gasteiger partial charge in [0.1, 0.15) is 12.0 Å². The first-order valence-electron chi connectivity index (χ1n) is 8.77. The molecular formula is C19H17ClF4N4. The summed E-state index contributed by atoms with van der Waals surface area (Å²) < 4.78 is 56.8. The molecule has 28 heavy (non-hydrogen) atoms. The van der Waals surface area contributed by atoms with Crippen LogP contribution in [0.1, 0.15) is 12.0 Å². The van der Waals surface area contributed by atoms with Crippen molar-refractivity contribution in [3.8, 4) is 0 Å². The molecule has 3 aromatic rings. The summed E-state index contributed by atoms with van der Waals surface area (Å²) in [7, 11) is 0. The second-order valence-corrected chi connectivity index (χ2v) is 7.32. The predicted molar refractivity (Wildman–Crippen MR) is 99.9 cm³/mol. The Balaban J connectivity index is 1.81. The van der Waals surface area contributed by atoms with E-state index in [0.29, 0.717) is 23.6 Å². The number of nitrogens with zero attached hydrogens (tertiary/aromatic N) is 3. The number of hydrogen-bond donors (Lipinski definition) is 1. The quantitative estimate of drug-likeness (QED) is 0.661. The molecule has 4 rings (SSSR count). The molecule has 148 valence electrons. The molecule has 0 spiro atoms. The third-order valence-corrected chi connectivity index (χ3v) is 5.25. The lowest BCUT2D eigenvalue weighted by Gasteiger charge is -2.34. The minimum atomic E-state index is -1.12. The van der Waals surface area contributed by atoms with E-state index in [1.807, 2.05) is 0 Å². The lowest BCUT2D eigenvalue weighted by atomic mass is 10.1. The number of alkyl halides is 1. The van der Waals surface area contributed by atoms with Crippen LogP contribution in [-0.2, 0) is 6.54 Å². The fourth-order valence-corrected chi connectivity index (χ4v) is 3.58. The zero-order valence-corrected chi connectivity index (χ0v) is 15.4. The largest absolute Gasteiger partial charge is 0.340 e. The van der Waals surface area contributed by atoms with Crippen LogP contribution in [0.25, 0.3) is 11.0 Å². The van der Waals surface area contributed by atoms with Crippen LogP contribution in [0, 0.1) is 17.5 Å². The van der Waals surface area contributed by atoms with Gasteiger partial charge in [0.2, 0.25) is 5.95 Å². The summed E-state index contributed by atoms with van der Waals surface area (Å²) in [6, 6.07) is 5.71. The van der Waals surface area contributed by atoms with E-state index in [4.69, 9.17) is 17.3 Å². The Hall–Kier alpha value is -2.32. The number of fused-ring (bicyclic) bond motifs is 1. The fraction of sp³-hybridized carbons (Fsp3) is 0.316. The summed E-state index contributed by atoms with van der Waals surface area (Å²) >= 11 is 5.74. The van der Waals surface area contributed by atoms with Crippen LogP contribution in [0.5, 0.6) is 0 Å². The molecule has 4 nitrogen and oxygen atoms in total. The van der Waals surface area contributed by atoms with E-state index in [0.717, 1.165) is 12.1 Å². The molecule has 2 aromatic carbocycles. The van der Waals surface area contributed by atoms with Crippen molar-refractivity contribution >= 4 is 28.6 Å². The number of piperidine rings is 1. The molecule has 1 aliphatic heterocycles. The molecule has 1 aliphatic rings. The van der Waals surface area contributed by atoms with Gasteiger partial charge in [-0.1, -0.05) is 17.7 Å². The van der Waals surface area contributed by atoms with Crippen LogP contribution in [0.15, 0.2) is 30.3 Å². The maximum Gasteiger partial charge on any atom is 0.206 e. The van der Waals surface area contributed by atoms with Gasteiger partial charge < -0.3 is 15.2 Å². The Morgan fingerprint density at radius 2 is 1.86 bits per heavy atom. The second-order valence-electron chi connectivity index (χ2n) is 6.92. The molecule has 2 heterocycles. The topological polar surface area (TPSA) is 47.1 Å². The smallest absolute Gasteiger partial charge is 0.206 e. The van der Waals surface area contributed by atoms with Gasteiger partial charge in [-0.2, -0.15) is 0 Å². The molecule has 0 saturated carbocycles. The Kier molecular flexibility index (Phi) is 4.93. The number of nitrogens with two attached hydrogens (primary N) is 1. The fourth-order valence-electron chi connectivity index (χ4n) is 3.46. The van der Waals surface area contributed by atoms with Crippen molar-refractivity contribution in [1.29, 1.82) is 0 Å². The number of aromatic nitrogens is 2. The highest BCUT2D eigenvalue weighted by Crippen LogP contribution is 2.29. The molecule has 1 saturated heterocycles. The normalized spacial score (nSPS) is 20.1. The Bertz CT molecular complexity index is 1040. The minimum absolute atomic E-state index is 0.0106. The van der Waals surface area contributed by atoms with E-state index in [1.54, 1.807) is 15.5 Å². The average molecular weight is 413 g/mol. The molecule has 9 heteroatoms. The Labute approximate surface area is 163 Å². The highest BCUT2D eigenvalue weighted by atomic mass is 35.5. The third-order valence-electron chi connectivity index (χ3n) is 4.95. The zero-order valence-electron chi connectivity index (χ0n) is 14.7. The lowest BCUT2D eigenvalue weighted by molar-refractivity contribution is 0.243. The van der Waals surface area contributed by atoms with Crippen LogP contribution < -0.4 is 10.6 Å². The molecule has 0 amide bonds. The van der Waals surface area contributed by atoms with Crippen molar-refractivity contribution in [1.82, 2.24) is 9.55 Å². The molecule has 2 N–H and O–H groups in total. The maximum atomic E-state index is 13.9. The Morgan fingerprint density at radius 1 is 1.11 bits per heavy atom. The molecule has 2 atom stereocenters. The van der Waals surface area contributed by atoms with Gasteiger partial charge in [-0.15, -0.1) is 0 Å². The summed E-state index contributed by atoms with van der Waals surface area (Å²) in [5, 5.41) is -0.0106. The summed E-state index contributed by atoms with van der Waals surface area (Å²) in [5.41, 5.74) is 7.01. The van der Waals surface area contributed by atoms with Gasteiger partial charge >= 0.3 is 0 Å². The van der Waals surface area contributed by atoms with Crippen molar-refractivity contribution in [2.24, 2.45) is 5.73 Å². The number of halogens is 5. The van der Waals surface area contributed by atoms with Gasteiger partial charge in [0.15, 0.2) is 11.6 Å². The van der Waals surface area contributed by atoms with Gasteiger partial charge in [0, 0.05) is 25.2 Å². The van der Waals surface area contributed by atoms with E-state index in [2.05, 4.69) is 4.98 Å². The first-order chi connectivity index (χ1) is 13.3. The SMILES string of the molecule is NC1CN(c2nc3cc(F)c(F)cc3n2Cc2ccc(Cl)c(F)c2)CCC1F. The van der Waals surface area contributed by atoms with Crippen molar-refractivity contribution in [2.45, 2.75) is 25.2 Å². The van der Waals surface area contributed by atoms with Crippen LogP contribution in [0.4, 0.5) is 23.5 Å². The van der Waals surface area contributed by atoms with E-state index < -0.39 is 29.7 Å². The van der Waals surface area contributed by atoms with Crippen LogP contribution in [0.2, 0.25) is 5.02 Å². The van der Waals surface area contributed by atoms with Crippen molar-refractivity contribution < 1.29 is 17.6 Å². The summed E-state index contributed by atoms with van der Waals surface area (Å²) in [6.45, 7) is 0.721. The first kappa shape index (κ1) is 19.0. The van der Waals surface area contributed by atoms with Crippen molar-refractivity contribution in [3.63, 3.8) is 0 Å². The van der Waals surface area contributed by atoms with Gasteiger partial charge in [0.05, 0.1) is 28.6 Å². The van der Waals surface area contributed by atoms with Crippen LogP contribution in [-0.4, -0.2) is 34.9 Å². The number of hydrogen-bond acceptors (Lipinski definition) is 3. The zero-order chi connectivity index (χ0) is 20.0. The predicted octanol–water partition coefficient (Wildman–Crippen LogP) is 4.03. The summed E-state index contributed by atoms with van der Waals surface area (Å²) in [6.07, 6.45) is -0.891. The summed E-state index contributed by atoms with van der Waals surface area (Å²) in [4.78, 5) is 6.20. The minimum Gasteiger partial charge on any atom is -0.340 e. The third kappa shape index (κ3) is 3.42. The highest BCUT2D eigenvalue weighted by Gasteiger charge is 2.29. The van der Waals surface area contributed by atoms with Gasteiger partial charge in [-0.05, 0) is 24.1 Å². The van der Waals surface area contributed by atoms with Crippen LogP contribution in [0.3, 0.4) is 0 Å². The molecule has 0 aliphatic carbocycles. The van der Waals surface area contributed by atoms with Crippen molar-refractivity contribution in [3.05, 3.63) is 58.4 Å². The van der Waals surface area contributed by atoms with Gasteiger partial charge in [-0.3, -0.25) is 0 Å². The van der Waals surface area contributed by atoms with Crippen molar-refractivity contribution in [2.75, 3.05) is 18.0 Å². The highest BCUT2D eigenvalue weighted by molar-refractivity contribution is 6.30. The molecule has 0 bridgehead atoms. The van der Waals surface area contributed by atoms with E-state index >= 15 is 0 Å². The maximum absolute atomic E-state index is 13.9. The molecule has 2 unspecified atom stereocenters. The van der Waals surface area contributed by atoms with E-state index in [9.17, 15) is 17.6 Å². The summed E-state index contributed by atoms with van der Waals surface area (Å²) in [5.74, 6) is -2.21.